The molecule has 3 heterocycles. The van der Waals surface area contributed by atoms with Crippen LogP contribution in [0.2, 0.25) is 0 Å². The van der Waals surface area contributed by atoms with Crippen molar-refractivity contribution in [3.05, 3.63) is 88.7 Å². The molecule has 0 amide bonds. The number of hydrogen-bond donors (Lipinski definition) is 0. The van der Waals surface area contributed by atoms with Crippen LogP contribution in [-0.2, 0) is 9.47 Å². The van der Waals surface area contributed by atoms with Gasteiger partial charge in [0.05, 0.1) is 13.2 Å². The molecule has 3 aromatic rings. The molecule has 3 aromatic carbocycles. The Labute approximate surface area is 229 Å². The summed E-state index contributed by atoms with van der Waals surface area (Å²) >= 11 is 0. The van der Waals surface area contributed by atoms with Crippen LogP contribution in [0, 0.1) is 12.7 Å². The molecule has 3 atom stereocenters. The minimum Gasteiger partial charge on any atom is -0.480 e. The zero-order chi connectivity index (χ0) is 26.8. The van der Waals surface area contributed by atoms with E-state index in [1.54, 1.807) is 6.07 Å². The molecule has 3 aliphatic rings. The fraction of sp³-hybridized carbons (Fsp3) is 0.394. The number of halogens is 1. The minimum atomic E-state index is -0.618. The molecule has 0 saturated carbocycles. The van der Waals surface area contributed by atoms with E-state index in [9.17, 15) is 0 Å². The molecule has 0 aliphatic carbocycles. The Kier molecular flexibility index (Phi) is 7.58. The second kappa shape index (κ2) is 11.4. The fourth-order valence-corrected chi connectivity index (χ4v) is 5.59. The molecule has 204 valence electrons. The number of fused-ring (bicyclic) bond motifs is 1. The highest BCUT2D eigenvalue weighted by atomic mass is 19.1. The lowest BCUT2D eigenvalue weighted by molar-refractivity contribution is -0.106. The summed E-state index contributed by atoms with van der Waals surface area (Å²) in [6.07, 6.45) is 4.94. The van der Waals surface area contributed by atoms with Gasteiger partial charge in [-0.25, -0.2) is 4.39 Å². The molecule has 0 bridgehead atoms. The third kappa shape index (κ3) is 5.68. The van der Waals surface area contributed by atoms with Gasteiger partial charge in [0.25, 0.3) is 0 Å². The van der Waals surface area contributed by atoms with E-state index >= 15 is 4.39 Å². The van der Waals surface area contributed by atoms with Gasteiger partial charge in [0.1, 0.15) is 23.1 Å². The van der Waals surface area contributed by atoms with Crippen LogP contribution in [0.25, 0.3) is 11.1 Å². The van der Waals surface area contributed by atoms with E-state index in [1.807, 2.05) is 61.5 Å². The van der Waals surface area contributed by atoms with Crippen LogP contribution >= 0.6 is 0 Å². The van der Waals surface area contributed by atoms with Gasteiger partial charge in [-0.15, -0.1) is 0 Å². The number of allylic oxidation sites excluding steroid dienone is 1. The number of rotatable bonds is 6. The van der Waals surface area contributed by atoms with Crippen LogP contribution in [0.1, 0.15) is 73.8 Å². The topological polar surface area (TPSA) is 46.2 Å². The van der Waals surface area contributed by atoms with Crippen LogP contribution in [0.15, 0.2) is 60.7 Å². The van der Waals surface area contributed by atoms with Crippen molar-refractivity contribution >= 4 is 11.1 Å². The number of aryl methyl sites for hydroxylation is 1. The number of ether oxygens (including phenoxy) is 5. The summed E-state index contributed by atoms with van der Waals surface area (Å²) in [6.45, 7) is 5.38. The average molecular weight is 531 g/mol. The van der Waals surface area contributed by atoms with Gasteiger partial charge in [0, 0.05) is 29.5 Å². The second-order valence-electron chi connectivity index (χ2n) is 10.6. The van der Waals surface area contributed by atoms with Gasteiger partial charge in [-0.05, 0) is 92.6 Å². The lowest BCUT2D eigenvalue weighted by atomic mass is 9.85. The predicted octanol–water partition coefficient (Wildman–Crippen LogP) is 8.01. The van der Waals surface area contributed by atoms with Crippen molar-refractivity contribution in [2.24, 2.45) is 0 Å². The van der Waals surface area contributed by atoms with Crippen molar-refractivity contribution in [1.29, 1.82) is 0 Å². The normalized spacial score (nSPS) is 23.1. The smallest absolute Gasteiger partial charge is 0.199 e. The number of hydrogen-bond acceptors (Lipinski definition) is 5. The third-order valence-electron chi connectivity index (χ3n) is 7.66. The fourth-order valence-electron chi connectivity index (χ4n) is 5.59. The molecule has 6 heteroatoms. The molecular weight excluding hydrogens is 495 g/mol. The molecule has 0 N–H and O–H groups in total. The van der Waals surface area contributed by atoms with Crippen molar-refractivity contribution in [2.45, 2.75) is 71.1 Å². The Morgan fingerprint density at radius 3 is 2.15 bits per heavy atom. The maximum atomic E-state index is 15.4. The van der Waals surface area contributed by atoms with Gasteiger partial charge in [-0.2, -0.15) is 0 Å². The van der Waals surface area contributed by atoms with E-state index in [0.717, 1.165) is 84.5 Å². The summed E-state index contributed by atoms with van der Waals surface area (Å²) < 4.78 is 45.8. The van der Waals surface area contributed by atoms with Crippen LogP contribution < -0.4 is 14.2 Å². The largest absolute Gasteiger partial charge is 0.480 e. The average Bonchev–Trinajstić information content (AvgIpc) is 2.95. The molecule has 2 saturated heterocycles. The lowest BCUT2D eigenvalue weighted by Crippen LogP contribution is -2.25. The first-order valence-corrected chi connectivity index (χ1v) is 14.0. The predicted molar refractivity (Wildman–Crippen MR) is 148 cm³/mol. The first-order valence-electron chi connectivity index (χ1n) is 14.0. The first-order chi connectivity index (χ1) is 19.0. The molecule has 0 aromatic heterocycles. The van der Waals surface area contributed by atoms with E-state index in [4.69, 9.17) is 23.7 Å². The second-order valence-corrected chi connectivity index (χ2v) is 10.6. The molecule has 0 spiro atoms. The van der Waals surface area contributed by atoms with Crippen LogP contribution in [0.3, 0.4) is 0 Å². The highest BCUT2D eigenvalue weighted by Crippen LogP contribution is 2.48. The van der Waals surface area contributed by atoms with Crippen LogP contribution in [-0.4, -0.2) is 25.8 Å². The van der Waals surface area contributed by atoms with Gasteiger partial charge in [0.15, 0.2) is 18.7 Å². The van der Waals surface area contributed by atoms with E-state index in [-0.39, 0.29) is 18.4 Å². The summed E-state index contributed by atoms with van der Waals surface area (Å²) in [5, 5.41) is 0. The lowest BCUT2D eigenvalue weighted by Gasteiger charge is -2.32. The van der Waals surface area contributed by atoms with E-state index < -0.39 is 6.10 Å². The monoisotopic (exact) mass is 530 g/mol. The van der Waals surface area contributed by atoms with E-state index in [2.05, 4.69) is 6.92 Å². The highest BCUT2D eigenvalue weighted by molar-refractivity contribution is 5.96. The molecule has 3 unspecified atom stereocenters. The van der Waals surface area contributed by atoms with Crippen molar-refractivity contribution in [3.8, 4) is 17.2 Å². The van der Waals surface area contributed by atoms with Gasteiger partial charge in [-0.3, -0.25) is 0 Å². The molecule has 0 radical (unpaired) electrons. The van der Waals surface area contributed by atoms with Gasteiger partial charge >= 0.3 is 0 Å². The summed E-state index contributed by atoms with van der Waals surface area (Å²) in [5.41, 5.74) is 5.10. The standard InChI is InChI=1S/C33H35FO5/c1-21-12-14-26(28(34)18-21)33-32(23-8-7-9-24(19-23)37-30-10-3-5-16-35-30)22(2)27-20-25(13-15-29(27)39-33)38-31-11-4-6-17-36-31/h7-9,12-15,18-20,30-31,33H,3-6,10-11,16-17H2,1-2H3. The molecule has 3 aliphatic heterocycles. The maximum absolute atomic E-state index is 15.4. The Morgan fingerprint density at radius 2 is 1.49 bits per heavy atom. The Morgan fingerprint density at radius 1 is 0.769 bits per heavy atom. The van der Waals surface area contributed by atoms with E-state index in [1.165, 1.54) is 0 Å². The number of benzene rings is 3. The van der Waals surface area contributed by atoms with E-state index in [0.29, 0.717) is 17.9 Å². The van der Waals surface area contributed by atoms with Crippen LogP contribution in [0.5, 0.6) is 17.2 Å². The van der Waals surface area contributed by atoms with Gasteiger partial charge in [0.2, 0.25) is 0 Å². The Bertz CT molecular complexity index is 1350. The zero-order valence-corrected chi connectivity index (χ0v) is 22.6. The minimum absolute atomic E-state index is 0.240. The van der Waals surface area contributed by atoms with Crippen molar-refractivity contribution < 1.29 is 28.1 Å². The van der Waals surface area contributed by atoms with Crippen molar-refractivity contribution in [2.75, 3.05) is 13.2 Å². The van der Waals surface area contributed by atoms with Gasteiger partial charge in [-0.1, -0.05) is 24.3 Å². The van der Waals surface area contributed by atoms with Crippen molar-refractivity contribution in [3.63, 3.8) is 0 Å². The zero-order valence-electron chi connectivity index (χ0n) is 22.6. The Hall–Kier alpha value is -3.35. The SMILES string of the molecule is CC1=C(c2cccc(OC3CCCCO3)c2)C(c2ccc(C)cc2F)Oc2ccc(OC3CCCCO3)cc21. The first kappa shape index (κ1) is 25.9. The molecule has 39 heavy (non-hydrogen) atoms. The van der Waals surface area contributed by atoms with Crippen LogP contribution in [0.4, 0.5) is 4.39 Å². The summed E-state index contributed by atoms with van der Waals surface area (Å²) in [7, 11) is 0. The third-order valence-corrected chi connectivity index (χ3v) is 7.66. The highest BCUT2D eigenvalue weighted by Gasteiger charge is 2.32. The molecule has 5 nitrogen and oxygen atoms in total. The molecule has 2 fully saturated rings. The quantitative estimate of drug-likeness (QED) is 0.323. The summed E-state index contributed by atoms with van der Waals surface area (Å²) in [4.78, 5) is 0. The summed E-state index contributed by atoms with van der Waals surface area (Å²) in [6, 6.07) is 19.0. The van der Waals surface area contributed by atoms with Gasteiger partial charge < -0.3 is 23.7 Å². The Balaban J connectivity index is 1.40. The maximum Gasteiger partial charge on any atom is 0.199 e. The van der Waals surface area contributed by atoms with Crippen molar-refractivity contribution in [1.82, 2.24) is 0 Å². The molecular formula is C33H35FO5. The summed E-state index contributed by atoms with van der Waals surface area (Å²) in [5.74, 6) is 1.86. The molecule has 6 rings (SSSR count).